The molecule has 146 valence electrons. The first-order chi connectivity index (χ1) is 11.9. The van der Waals surface area contributed by atoms with Crippen LogP contribution in [0.1, 0.15) is 19.3 Å². The van der Waals surface area contributed by atoms with E-state index in [1.54, 1.807) is 0 Å². The van der Waals surface area contributed by atoms with Gasteiger partial charge in [-0.2, -0.15) is 17.2 Å². The molecule has 2 saturated carbocycles. The van der Waals surface area contributed by atoms with Gasteiger partial charge in [0.05, 0.1) is 0 Å². The van der Waals surface area contributed by atoms with E-state index in [-0.39, 0.29) is 18.8 Å². The first-order valence-electron chi connectivity index (χ1n) is 7.75. The number of fused-ring (bicyclic) bond motifs is 4. The molecule has 2 heterocycles. The van der Waals surface area contributed by atoms with Gasteiger partial charge in [0, 0.05) is 18.3 Å². The van der Waals surface area contributed by atoms with E-state index in [9.17, 15) is 31.9 Å². The molecule has 2 bridgehead atoms. The number of hydrogen-bond donors (Lipinski definition) is 2. The Labute approximate surface area is 145 Å². The lowest BCUT2D eigenvalue weighted by Crippen LogP contribution is -2.46. The molecule has 7 unspecified atom stereocenters. The van der Waals surface area contributed by atoms with Crippen LogP contribution in [-0.2, 0) is 38.7 Å². The molecular formula is C13H14F2O10S. The zero-order valence-electron chi connectivity index (χ0n) is 12.9. The average molecular weight is 400 g/mol. The van der Waals surface area contributed by atoms with Crippen LogP contribution < -0.4 is 0 Å². The Kier molecular flexibility index (Phi) is 3.68. The second-order valence-electron chi connectivity index (χ2n) is 6.83. The van der Waals surface area contributed by atoms with E-state index in [4.69, 9.17) is 18.8 Å². The summed E-state index contributed by atoms with van der Waals surface area (Å²) in [4.78, 5) is 22.7. The van der Waals surface area contributed by atoms with Crippen LogP contribution in [0, 0.1) is 11.8 Å². The van der Waals surface area contributed by atoms with Gasteiger partial charge in [0.15, 0.2) is 18.0 Å². The monoisotopic (exact) mass is 400 g/mol. The van der Waals surface area contributed by atoms with Crippen LogP contribution in [0.4, 0.5) is 8.78 Å². The number of halogens is 2. The van der Waals surface area contributed by atoms with Crippen molar-refractivity contribution in [2.45, 2.75) is 54.9 Å². The molecule has 4 fully saturated rings. The molecule has 26 heavy (non-hydrogen) atoms. The Hall–Kier alpha value is -1.41. The number of aliphatic hydroxyl groups is 1. The zero-order chi connectivity index (χ0) is 19.1. The van der Waals surface area contributed by atoms with E-state index >= 15 is 0 Å². The number of carbonyl (C=O) groups excluding carboxylic acids is 2. The van der Waals surface area contributed by atoms with Gasteiger partial charge in [-0.25, -0.2) is 9.59 Å². The maximum atomic E-state index is 13.3. The first-order valence-corrected chi connectivity index (χ1v) is 9.19. The highest BCUT2D eigenvalue weighted by molar-refractivity contribution is 7.87. The molecule has 2 saturated heterocycles. The van der Waals surface area contributed by atoms with Crippen molar-refractivity contribution < 1.29 is 55.4 Å². The average Bonchev–Trinajstić information content (AvgIpc) is 3.22. The van der Waals surface area contributed by atoms with Crippen LogP contribution in [-0.4, -0.2) is 65.7 Å². The molecule has 10 nitrogen and oxygen atoms in total. The van der Waals surface area contributed by atoms with Gasteiger partial charge in [-0.15, -0.1) is 0 Å². The minimum absolute atomic E-state index is 0.0570. The summed E-state index contributed by atoms with van der Waals surface area (Å²) in [7, 11) is -5.93. The first kappa shape index (κ1) is 18.0. The van der Waals surface area contributed by atoms with Crippen LogP contribution >= 0.6 is 0 Å². The van der Waals surface area contributed by atoms with E-state index in [0.29, 0.717) is 6.42 Å². The topological polar surface area (TPSA) is 146 Å². The maximum Gasteiger partial charge on any atom is 0.465 e. The second kappa shape index (κ2) is 5.32. The summed E-state index contributed by atoms with van der Waals surface area (Å²) in [5.74, 6) is -5.23. The van der Waals surface area contributed by atoms with Crippen molar-refractivity contribution in [1.82, 2.24) is 0 Å². The summed E-state index contributed by atoms with van der Waals surface area (Å²) in [5.41, 5.74) is 0. The number of ether oxygens (including phenoxy) is 4. The number of alkyl halides is 2. The Bertz CT molecular complexity index is 769. The molecule has 7 atom stereocenters. The fourth-order valence-electron chi connectivity index (χ4n) is 4.14. The molecule has 1 spiro atoms. The number of carbonyl (C=O) groups is 2. The van der Waals surface area contributed by atoms with Gasteiger partial charge < -0.3 is 24.1 Å². The maximum absolute atomic E-state index is 13.3. The number of esters is 2. The Balaban J connectivity index is 1.42. The highest BCUT2D eigenvalue weighted by Crippen LogP contribution is 2.58. The van der Waals surface area contributed by atoms with Gasteiger partial charge >= 0.3 is 27.3 Å². The number of aliphatic hydroxyl groups excluding tert-OH is 1. The molecule has 13 heteroatoms. The Morgan fingerprint density at radius 3 is 2.54 bits per heavy atom. The van der Waals surface area contributed by atoms with Gasteiger partial charge in [0.1, 0.15) is 6.10 Å². The summed E-state index contributed by atoms with van der Waals surface area (Å²) in [6, 6.07) is 0. The third kappa shape index (κ3) is 2.37. The van der Waals surface area contributed by atoms with E-state index in [0.717, 1.165) is 0 Å². The quantitative estimate of drug-likeness (QED) is 0.454. The smallest absolute Gasteiger partial charge is 0.457 e. The van der Waals surface area contributed by atoms with Crippen LogP contribution in [0.25, 0.3) is 0 Å². The third-order valence-corrected chi connectivity index (χ3v) is 6.14. The lowest BCUT2D eigenvalue weighted by molar-refractivity contribution is -0.249. The van der Waals surface area contributed by atoms with Crippen molar-refractivity contribution in [3.05, 3.63) is 0 Å². The van der Waals surface area contributed by atoms with E-state index in [1.807, 2.05) is 0 Å². The standard InChI is InChI=1S/C13H14F2O10S/c14-13(15,26(19,20)21)11(18)22-6-2-5-1-4(6)3-12(5)24-8-7(16)9(17)23-10(8)25-12/h4-8,10,16H,1-3H2,(H,19,20,21). The largest absolute Gasteiger partial charge is 0.465 e. The second-order valence-corrected chi connectivity index (χ2v) is 8.29. The minimum Gasteiger partial charge on any atom is -0.457 e. The van der Waals surface area contributed by atoms with E-state index in [2.05, 4.69) is 4.74 Å². The summed E-state index contributed by atoms with van der Waals surface area (Å²) in [6.07, 6.45) is -3.97. The molecule has 0 amide bonds. The summed E-state index contributed by atoms with van der Waals surface area (Å²) >= 11 is 0. The van der Waals surface area contributed by atoms with Crippen LogP contribution in [0.5, 0.6) is 0 Å². The van der Waals surface area contributed by atoms with E-state index in [1.165, 1.54) is 0 Å². The van der Waals surface area contributed by atoms with Gasteiger partial charge in [0.25, 0.3) is 0 Å². The summed E-state index contributed by atoms with van der Waals surface area (Å²) in [5, 5.41) is 4.65. The van der Waals surface area contributed by atoms with E-state index < -0.39 is 63.6 Å². The SMILES string of the molecule is O=C1OC2OC3(CC4CC3CC4OC(=O)C(F)(F)S(=O)(=O)O)OC2C1O. The molecular weight excluding hydrogens is 386 g/mol. The Morgan fingerprint density at radius 1 is 1.31 bits per heavy atom. The Morgan fingerprint density at radius 2 is 2.00 bits per heavy atom. The molecule has 4 rings (SSSR count). The van der Waals surface area contributed by atoms with Crippen molar-refractivity contribution in [2.75, 3.05) is 0 Å². The summed E-state index contributed by atoms with van der Waals surface area (Å²) < 4.78 is 77.0. The molecule has 0 aromatic rings. The van der Waals surface area contributed by atoms with Crippen molar-refractivity contribution in [3.63, 3.8) is 0 Å². The zero-order valence-corrected chi connectivity index (χ0v) is 13.7. The van der Waals surface area contributed by atoms with Crippen LogP contribution in [0.2, 0.25) is 0 Å². The lowest BCUT2D eigenvalue weighted by Gasteiger charge is -2.35. The molecule has 4 aliphatic rings. The van der Waals surface area contributed by atoms with Gasteiger partial charge in [-0.05, 0) is 12.8 Å². The van der Waals surface area contributed by atoms with Crippen LogP contribution in [0.3, 0.4) is 0 Å². The fraction of sp³-hybridized carbons (Fsp3) is 0.846. The number of hydrogen-bond acceptors (Lipinski definition) is 9. The van der Waals surface area contributed by atoms with Gasteiger partial charge in [-0.1, -0.05) is 0 Å². The van der Waals surface area contributed by atoms with Crippen molar-refractivity contribution in [2.24, 2.45) is 11.8 Å². The normalized spacial score (nSPS) is 44.4. The molecule has 0 radical (unpaired) electrons. The fourth-order valence-corrected chi connectivity index (χ4v) is 4.40. The highest BCUT2D eigenvalue weighted by Gasteiger charge is 2.68. The molecule has 2 aliphatic heterocycles. The minimum atomic E-state index is -5.93. The van der Waals surface area contributed by atoms with Gasteiger partial charge in [0.2, 0.25) is 6.29 Å². The molecule has 2 N–H and O–H groups in total. The van der Waals surface area contributed by atoms with Crippen molar-refractivity contribution in [3.8, 4) is 0 Å². The predicted octanol–water partition coefficient (Wildman–Crippen LogP) is -0.836. The molecule has 0 aromatic heterocycles. The molecule has 0 aromatic carbocycles. The predicted molar refractivity (Wildman–Crippen MR) is 71.8 cm³/mol. The third-order valence-electron chi connectivity index (χ3n) is 5.32. The molecule has 2 aliphatic carbocycles. The van der Waals surface area contributed by atoms with Gasteiger partial charge in [-0.3, -0.25) is 4.55 Å². The highest BCUT2D eigenvalue weighted by atomic mass is 32.2. The number of rotatable bonds is 3. The van der Waals surface area contributed by atoms with Crippen LogP contribution in [0.15, 0.2) is 0 Å². The van der Waals surface area contributed by atoms with Crippen molar-refractivity contribution >= 4 is 22.1 Å². The summed E-state index contributed by atoms with van der Waals surface area (Å²) in [6.45, 7) is 0. The lowest BCUT2D eigenvalue weighted by atomic mass is 9.91. The van der Waals surface area contributed by atoms with Crippen molar-refractivity contribution in [1.29, 1.82) is 0 Å².